The maximum atomic E-state index is 8.78. The molecule has 0 bridgehead atoms. The van der Waals surface area contributed by atoms with Crippen LogP contribution in [0, 0.1) is 11.3 Å². The van der Waals surface area contributed by atoms with E-state index < -0.39 is 0 Å². The normalized spacial score (nSPS) is 19.1. The highest BCUT2D eigenvalue weighted by Gasteiger charge is 2.15. The van der Waals surface area contributed by atoms with Gasteiger partial charge in [-0.1, -0.05) is 31.9 Å². The monoisotopic (exact) mass is 387 g/mol. The Kier molecular flexibility index (Phi) is 5.83. The fraction of sp³-hybridized carbons (Fsp3) is 0.500. The van der Waals surface area contributed by atoms with Crippen LogP contribution in [0.4, 0.5) is 0 Å². The second-order valence-electron chi connectivity index (χ2n) is 4.48. The van der Waals surface area contributed by atoms with Crippen LogP contribution in [-0.2, 0) is 22.5 Å². The summed E-state index contributed by atoms with van der Waals surface area (Å²) < 4.78 is 13.2. The molecule has 3 nitrogen and oxygen atoms in total. The predicted octanol–water partition coefficient (Wildman–Crippen LogP) is 4.32. The molecule has 1 saturated heterocycles. The van der Waals surface area contributed by atoms with Crippen molar-refractivity contribution in [3.63, 3.8) is 0 Å². The van der Waals surface area contributed by atoms with Crippen molar-refractivity contribution in [1.82, 2.24) is 0 Å². The minimum atomic E-state index is -0.0786. The molecule has 1 heterocycles. The molecule has 5 heteroatoms. The number of nitriles is 1. The van der Waals surface area contributed by atoms with Crippen LogP contribution in [0.2, 0.25) is 0 Å². The number of benzene rings is 1. The number of hydrogen-bond donors (Lipinski definition) is 0. The van der Waals surface area contributed by atoms with Crippen molar-refractivity contribution >= 4 is 31.9 Å². The molecule has 0 N–H and O–H groups in total. The van der Waals surface area contributed by atoms with Gasteiger partial charge >= 0.3 is 0 Å². The van der Waals surface area contributed by atoms with Crippen molar-refractivity contribution in [2.75, 3.05) is 6.61 Å². The zero-order valence-electron chi connectivity index (χ0n) is 10.5. The van der Waals surface area contributed by atoms with Crippen LogP contribution >= 0.6 is 31.9 Å². The SMILES string of the molecule is N#CCc1c(Br)cc(COC2CCCCO2)cc1Br. The fourth-order valence-corrected chi connectivity index (χ4v) is 3.58. The summed E-state index contributed by atoms with van der Waals surface area (Å²) in [6, 6.07) is 6.16. The molecule has 1 aromatic rings. The number of nitrogens with zero attached hydrogens (tertiary/aromatic N) is 1. The lowest BCUT2D eigenvalue weighted by atomic mass is 10.1. The third-order valence-electron chi connectivity index (χ3n) is 3.03. The molecule has 0 radical (unpaired) electrons. The maximum Gasteiger partial charge on any atom is 0.158 e. The van der Waals surface area contributed by atoms with Crippen LogP contribution in [-0.4, -0.2) is 12.9 Å². The van der Waals surface area contributed by atoms with Gasteiger partial charge in [-0.05, 0) is 42.5 Å². The molecule has 1 fully saturated rings. The summed E-state index contributed by atoms with van der Waals surface area (Å²) in [6.07, 6.45) is 3.56. The van der Waals surface area contributed by atoms with Gasteiger partial charge in [-0.15, -0.1) is 0 Å². The molecule has 0 amide bonds. The average molecular weight is 389 g/mol. The number of ether oxygens (including phenoxy) is 2. The Morgan fingerprint density at radius 3 is 2.63 bits per heavy atom. The van der Waals surface area contributed by atoms with E-state index in [-0.39, 0.29) is 6.29 Å². The quantitative estimate of drug-likeness (QED) is 0.771. The number of hydrogen-bond acceptors (Lipinski definition) is 3. The van der Waals surface area contributed by atoms with E-state index in [0.29, 0.717) is 13.0 Å². The molecule has 0 spiro atoms. The van der Waals surface area contributed by atoms with Crippen LogP contribution in [0.25, 0.3) is 0 Å². The summed E-state index contributed by atoms with van der Waals surface area (Å²) in [5, 5.41) is 8.78. The van der Waals surface area contributed by atoms with Gasteiger partial charge in [0.1, 0.15) is 0 Å². The van der Waals surface area contributed by atoms with Crippen LogP contribution in [0.3, 0.4) is 0 Å². The molecule has 0 saturated carbocycles. The van der Waals surface area contributed by atoms with Crippen LogP contribution < -0.4 is 0 Å². The Bertz CT molecular complexity index is 456. The highest BCUT2D eigenvalue weighted by molar-refractivity contribution is 9.11. The van der Waals surface area contributed by atoms with Gasteiger partial charge in [0.25, 0.3) is 0 Å². The zero-order valence-corrected chi connectivity index (χ0v) is 13.7. The van der Waals surface area contributed by atoms with Crippen LogP contribution in [0.5, 0.6) is 0 Å². The van der Waals surface area contributed by atoms with Gasteiger partial charge in [-0.2, -0.15) is 5.26 Å². The fourth-order valence-electron chi connectivity index (χ4n) is 2.02. The Labute approximate surface area is 130 Å². The molecule has 1 aromatic carbocycles. The highest BCUT2D eigenvalue weighted by Crippen LogP contribution is 2.28. The van der Waals surface area contributed by atoms with E-state index >= 15 is 0 Å². The highest BCUT2D eigenvalue weighted by atomic mass is 79.9. The lowest BCUT2D eigenvalue weighted by molar-refractivity contribution is -0.168. The summed E-state index contributed by atoms with van der Waals surface area (Å²) in [7, 11) is 0. The molecule has 1 aliphatic heterocycles. The molecule has 0 aliphatic carbocycles. The molecular weight excluding hydrogens is 374 g/mol. The molecular formula is C14H15Br2NO2. The molecule has 1 aliphatic rings. The van der Waals surface area contributed by atoms with Gasteiger partial charge in [0, 0.05) is 15.6 Å². The van der Waals surface area contributed by atoms with Crippen molar-refractivity contribution in [1.29, 1.82) is 5.26 Å². The number of halogens is 2. The largest absolute Gasteiger partial charge is 0.353 e. The van der Waals surface area contributed by atoms with Gasteiger partial charge in [0.15, 0.2) is 6.29 Å². The first-order valence-corrected chi connectivity index (χ1v) is 7.86. The van der Waals surface area contributed by atoms with Crippen molar-refractivity contribution in [2.45, 2.75) is 38.6 Å². The van der Waals surface area contributed by atoms with Crippen molar-refractivity contribution in [2.24, 2.45) is 0 Å². The summed E-state index contributed by atoms with van der Waals surface area (Å²) in [5.41, 5.74) is 2.04. The first kappa shape index (κ1) is 15.0. The van der Waals surface area contributed by atoms with Gasteiger partial charge < -0.3 is 9.47 Å². The molecule has 19 heavy (non-hydrogen) atoms. The van der Waals surface area contributed by atoms with Crippen molar-refractivity contribution < 1.29 is 9.47 Å². The van der Waals surface area contributed by atoms with Crippen LogP contribution in [0.1, 0.15) is 30.4 Å². The molecule has 2 rings (SSSR count). The summed E-state index contributed by atoms with van der Waals surface area (Å²) in [5.74, 6) is 0. The Morgan fingerprint density at radius 2 is 2.05 bits per heavy atom. The van der Waals surface area contributed by atoms with Gasteiger partial charge in [0.2, 0.25) is 0 Å². The average Bonchev–Trinajstić information content (AvgIpc) is 2.42. The van der Waals surface area contributed by atoms with E-state index in [1.54, 1.807) is 0 Å². The third kappa shape index (κ3) is 4.28. The van der Waals surface area contributed by atoms with E-state index in [4.69, 9.17) is 14.7 Å². The summed E-state index contributed by atoms with van der Waals surface area (Å²) in [4.78, 5) is 0. The second kappa shape index (κ2) is 7.39. The first-order valence-electron chi connectivity index (χ1n) is 6.27. The standard InChI is InChI=1S/C14H15Br2NO2/c15-12-7-10(8-13(16)11(12)4-5-17)9-19-14-3-1-2-6-18-14/h7-8,14H,1-4,6,9H2. The lowest BCUT2D eigenvalue weighted by Crippen LogP contribution is -2.22. The van der Waals surface area contributed by atoms with E-state index in [2.05, 4.69) is 37.9 Å². The molecule has 1 unspecified atom stereocenters. The lowest BCUT2D eigenvalue weighted by Gasteiger charge is -2.22. The van der Waals surface area contributed by atoms with E-state index in [0.717, 1.165) is 39.5 Å². The smallest absolute Gasteiger partial charge is 0.158 e. The van der Waals surface area contributed by atoms with E-state index in [1.165, 1.54) is 6.42 Å². The third-order valence-corrected chi connectivity index (χ3v) is 4.45. The number of rotatable bonds is 4. The van der Waals surface area contributed by atoms with E-state index in [9.17, 15) is 0 Å². The molecule has 102 valence electrons. The minimum Gasteiger partial charge on any atom is -0.353 e. The Hall–Kier alpha value is -0.410. The molecule has 0 aromatic heterocycles. The maximum absolute atomic E-state index is 8.78. The van der Waals surface area contributed by atoms with Crippen molar-refractivity contribution in [3.8, 4) is 6.07 Å². The van der Waals surface area contributed by atoms with Gasteiger partial charge in [-0.3, -0.25) is 0 Å². The van der Waals surface area contributed by atoms with Gasteiger partial charge in [-0.25, -0.2) is 0 Å². The van der Waals surface area contributed by atoms with Crippen LogP contribution in [0.15, 0.2) is 21.1 Å². The minimum absolute atomic E-state index is 0.0786. The zero-order chi connectivity index (χ0) is 13.7. The summed E-state index contributed by atoms with van der Waals surface area (Å²) in [6.45, 7) is 1.31. The van der Waals surface area contributed by atoms with E-state index in [1.807, 2.05) is 12.1 Å². The van der Waals surface area contributed by atoms with Crippen molar-refractivity contribution in [3.05, 3.63) is 32.2 Å². The first-order chi connectivity index (χ1) is 9.20. The molecule has 1 atom stereocenters. The van der Waals surface area contributed by atoms with Gasteiger partial charge in [0.05, 0.1) is 19.1 Å². The second-order valence-corrected chi connectivity index (χ2v) is 6.19. The Morgan fingerprint density at radius 1 is 1.32 bits per heavy atom. The predicted molar refractivity (Wildman–Crippen MR) is 79.5 cm³/mol. The summed E-state index contributed by atoms with van der Waals surface area (Å²) >= 11 is 6.99. The Balaban J connectivity index is 1.99. The topological polar surface area (TPSA) is 42.2 Å².